The Kier molecular flexibility index (Phi) is 4.88. The lowest BCUT2D eigenvalue weighted by Crippen LogP contribution is -2.24. The molecule has 2 heterocycles. The summed E-state index contributed by atoms with van der Waals surface area (Å²) in [6.07, 6.45) is 6.19. The minimum Gasteiger partial charge on any atom is -0.324 e. The number of nitro groups is 1. The normalized spacial score (nSPS) is 11.3. The van der Waals surface area contributed by atoms with E-state index in [2.05, 4.69) is 15.6 Å². The fourth-order valence-electron chi connectivity index (χ4n) is 2.31. The first-order valence-electron chi connectivity index (χ1n) is 7.76. The van der Waals surface area contributed by atoms with Crippen LogP contribution in [0.4, 0.5) is 5.69 Å². The summed E-state index contributed by atoms with van der Waals surface area (Å²) in [6.45, 7) is 1.63. The van der Waals surface area contributed by atoms with Crippen LogP contribution in [-0.4, -0.2) is 30.9 Å². The lowest BCUT2D eigenvalue weighted by Gasteiger charge is -2.06. The van der Waals surface area contributed by atoms with E-state index in [1.165, 1.54) is 10.9 Å². The largest absolute Gasteiger partial charge is 0.324 e. The van der Waals surface area contributed by atoms with Gasteiger partial charge in [0.05, 0.1) is 10.6 Å². The van der Waals surface area contributed by atoms with E-state index in [4.69, 9.17) is 0 Å². The molecular formula is C17H16N6O3. The summed E-state index contributed by atoms with van der Waals surface area (Å²) >= 11 is 0. The number of nitrogens with one attached hydrogen (secondary N) is 1. The number of carbonyl (C=O) groups excluding carboxylic acids is 1. The third kappa shape index (κ3) is 4.01. The van der Waals surface area contributed by atoms with Crippen molar-refractivity contribution in [2.45, 2.75) is 13.5 Å². The molecule has 0 bridgehead atoms. The van der Waals surface area contributed by atoms with Gasteiger partial charge in [0.15, 0.2) is 0 Å². The quantitative estimate of drug-likeness (QED) is 0.416. The third-order valence-electron chi connectivity index (χ3n) is 3.67. The number of amides is 1. The van der Waals surface area contributed by atoms with Crippen LogP contribution in [0.1, 0.15) is 12.5 Å². The molecule has 0 atom stereocenters. The Bertz CT molecular complexity index is 941. The minimum absolute atomic E-state index is 0.156. The second-order valence-corrected chi connectivity index (χ2v) is 5.52. The van der Waals surface area contributed by atoms with Crippen molar-refractivity contribution in [3.8, 4) is 5.69 Å². The molecule has 0 fully saturated rings. The molecule has 0 unspecified atom stereocenters. The van der Waals surface area contributed by atoms with Gasteiger partial charge in [-0.15, -0.1) is 0 Å². The van der Waals surface area contributed by atoms with Crippen molar-refractivity contribution in [2.75, 3.05) is 0 Å². The van der Waals surface area contributed by atoms with Gasteiger partial charge in [-0.1, -0.05) is 12.1 Å². The van der Waals surface area contributed by atoms with Crippen molar-refractivity contribution in [2.24, 2.45) is 5.10 Å². The zero-order valence-corrected chi connectivity index (χ0v) is 13.9. The van der Waals surface area contributed by atoms with Gasteiger partial charge >= 0.3 is 5.69 Å². The maximum atomic E-state index is 11.9. The van der Waals surface area contributed by atoms with E-state index in [1.54, 1.807) is 6.92 Å². The molecule has 9 heteroatoms. The van der Waals surface area contributed by atoms with Crippen LogP contribution < -0.4 is 5.43 Å². The van der Waals surface area contributed by atoms with Crippen LogP contribution in [0.25, 0.3) is 5.69 Å². The van der Waals surface area contributed by atoms with E-state index in [9.17, 15) is 14.9 Å². The average molecular weight is 352 g/mol. The molecule has 1 amide bonds. The topological polar surface area (TPSA) is 107 Å². The smallest absolute Gasteiger partial charge is 0.307 e. The molecule has 26 heavy (non-hydrogen) atoms. The maximum Gasteiger partial charge on any atom is 0.307 e. The SMILES string of the molecule is C/C(=N\NC(=O)Cn1cc([N+](=O)[O-])cn1)c1ccc(-n2cccc2)cc1. The lowest BCUT2D eigenvalue weighted by molar-refractivity contribution is -0.385. The lowest BCUT2D eigenvalue weighted by atomic mass is 10.1. The van der Waals surface area contributed by atoms with Crippen molar-refractivity contribution in [3.63, 3.8) is 0 Å². The van der Waals surface area contributed by atoms with Crippen LogP contribution in [-0.2, 0) is 11.3 Å². The van der Waals surface area contributed by atoms with Crippen LogP contribution in [0, 0.1) is 10.1 Å². The molecule has 0 radical (unpaired) electrons. The van der Waals surface area contributed by atoms with E-state index in [1.807, 2.05) is 53.4 Å². The Hall–Kier alpha value is -3.75. The van der Waals surface area contributed by atoms with E-state index in [-0.39, 0.29) is 12.2 Å². The molecule has 0 aliphatic rings. The zero-order chi connectivity index (χ0) is 18.5. The summed E-state index contributed by atoms with van der Waals surface area (Å²) in [7, 11) is 0. The molecular weight excluding hydrogens is 336 g/mol. The van der Waals surface area contributed by atoms with Crippen LogP contribution >= 0.6 is 0 Å². The molecule has 0 spiro atoms. The van der Waals surface area contributed by atoms with E-state index < -0.39 is 10.8 Å². The van der Waals surface area contributed by atoms with Gasteiger partial charge in [-0.2, -0.15) is 10.2 Å². The van der Waals surface area contributed by atoms with E-state index >= 15 is 0 Å². The number of aromatic nitrogens is 3. The van der Waals surface area contributed by atoms with Crippen molar-refractivity contribution in [1.29, 1.82) is 0 Å². The summed E-state index contributed by atoms with van der Waals surface area (Å²) < 4.78 is 3.17. The Balaban J connectivity index is 1.60. The van der Waals surface area contributed by atoms with Crippen LogP contribution in [0.5, 0.6) is 0 Å². The molecule has 132 valence electrons. The van der Waals surface area contributed by atoms with Gasteiger partial charge in [0.2, 0.25) is 0 Å². The fourth-order valence-corrected chi connectivity index (χ4v) is 2.31. The summed E-state index contributed by atoms with van der Waals surface area (Å²) in [4.78, 5) is 21.9. The van der Waals surface area contributed by atoms with E-state index in [0.717, 1.165) is 17.4 Å². The second-order valence-electron chi connectivity index (χ2n) is 5.52. The Morgan fingerprint density at radius 3 is 2.58 bits per heavy atom. The van der Waals surface area contributed by atoms with E-state index in [0.29, 0.717) is 5.71 Å². The van der Waals surface area contributed by atoms with Crippen molar-refractivity contribution in [1.82, 2.24) is 19.8 Å². The number of nitrogens with zero attached hydrogens (tertiary/aromatic N) is 5. The zero-order valence-electron chi connectivity index (χ0n) is 13.9. The van der Waals surface area contributed by atoms with Crippen molar-refractivity contribution < 1.29 is 9.72 Å². The monoisotopic (exact) mass is 352 g/mol. The van der Waals surface area contributed by atoms with Crippen molar-refractivity contribution >= 4 is 17.3 Å². The van der Waals surface area contributed by atoms with Gasteiger partial charge in [-0.3, -0.25) is 19.6 Å². The minimum atomic E-state index is -0.568. The Morgan fingerprint density at radius 1 is 1.27 bits per heavy atom. The van der Waals surface area contributed by atoms with Gasteiger partial charge in [-0.05, 0) is 36.8 Å². The highest BCUT2D eigenvalue weighted by molar-refractivity contribution is 5.99. The Morgan fingerprint density at radius 2 is 1.96 bits per heavy atom. The average Bonchev–Trinajstić information content (AvgIpc) is 3.32. The van der Waals surface area contributed by atoms with Crippen molar-refractivity contribution in [3.05, 3.63) is 76.9 Å². The number of hydrogen-bond donors (Lipinski definition) is 1. The number of hydrazone groups is 1. The third-order valence-corrected chi connectivity index (χ3v) is 3.67. The first-order chi connectivity index (χ1) is 12.5. The van der Waals surface area contributed by atoms with Crippen LogP contribution in [0.15, 0.2) is 66.3 Å². The standard InChI is InChI=1S/C17H16N6O3/c1-13(14-4-6-15(7-5-14)21-8-2-3-9-21)19-20-17(24)12-22-11-16(10-18-22)23(25)26/h2-11H,12H2,1H3,(H,20,24)/b19-13+. The summed E-state index contributed by atoms with van der Waals surface area (Å²) in [5, 5.41) is 18.4. The summed E-state index contributed by atoms with van der Waals surface area (Å²) in [6, 6.07) is 11.6. The number of carbonyl (C=O) groups is 1. The predicted octanol–water partition coefficient (Wildman–Crippen LogP) is 2.12. The van der Waals surface area contributed by atoms with Gasteiger partial charge in [-0.25, -0.2) is 5.43 Å². The highest BCUT2D eigenvalue weighted by Crippen LogP contribution is 2.11. The molecule has 0 saturated carbocycles. The summed E-state index contributed by atoms with van der Waals surface area (Å²) in [5.74, 6) is -0.425. The van der Waals surface area contributed by atoms with Gasteiger partial charge in [0, 0.05) is 18.1 Å². The first-order valence-corrected chi connectivity index (χ1v) is 7.76. The van der Waals surface area contributed by atoms with Gasteiger partial charge < -0.3 is 4.57 Å². The molecule has 0 saturated heterocycles. The molecule has 3 rings (SSSR count). The number of rotatable bonds is 6. The molecule has 1 aromatic carbocycles. The highest BCUT2D eigenvalue weighted by Gasteiger charge is 2.11. The number of hydrogen-bond acceptors (Lipinski definition) is 5. The molecule has 3 aromatic rings. The predicted molar refractivity (Wildman–Crippen MR) is 95.0 cm³/mol. The Labute approximate surface area is 148 Å². The molecule has 2 aromatic heterocycles. The highest BCUT2D eigenvalue weighted by atomic mass is 16.6. The first kappa shape index (κ1) is 17.1. The molecule has 0 aliphatic heterocycles. The second kappa shape index (κ2) is 7.43. The molecule has 9 nitrogen and oxygen atoms in total. The van der Waals surface area contributed by atoms with Crippen LogP contribution in [0.3, 0.4) is 0 Å². The fraction of sp³-hybridized carbons (Fsp3) is 0.118. The maximum absolute atomic E-state index is 11.9. The molecule has 0 aliphatic carbocycles. The van der Waals surface area contributed by atoms with Gasteiger partial charge in [0.25, 0.3) is 5.91 Å². The molecule has 1 N–H and O–H groups in total. The number of benzene rings is 1. The summed E-state index contributed by atoms with van der Waals surface area (Å²) in [5.41, 5.74) is 4.79. The van der Waals surface area contributed by atoms with Crippen LogP contribution in [0.2, 0.25) is 0 Å². The van der Waals surface area contributed by atoms with Gasteiger partial charge in [0.1, 0.15) is 18.9 Å².